The molecule has 0 aliphatic rings. The second-order valence-corrected chi connectivity index (χ2v) is 5.05. The highest BCUT2D eigenvalue weighted by Crippen LogP contribution is 2.23. The molecule has 0 aliphatic heterocycles. The van der Waals surface area contributed by atoms with Gasteiger partial charge in [0.25, 0.3) is 11.8 Å². The van der Waals surface area contributed by atoms with Crippen molar-refractivity contribution in [2.75, 3.05) is 5.32 Å². The zero-order valence-electron chi connectivity index (χ0n) is 10.5. The molecular formula is C11H13N5O2S. The van der Waals surface area contributed by atoms with Crippen molar-refractivity contribution < 1.29 is 9.59 Å². The molecule has 0 spiro atoms. The van der Waals surface area contributed by atoms with E-state index in [0.29, 0.717) is 4.88 Å². The Bertz CT molecular complexity index is 631. The standard InChI is InChI=1S/C11H13N5O2S/c1-3-6-5(2)4-7(19-6)11(18)13-10-8(9(12)17)14-16-15-10/h4H,3H2,1-2H3,(H2,12,17)(H2,13,14,15,16,18). The summed E-state index contributed by atoms with van der Waals surface area (Å²) < 4.78 is 0. The number of H-pyrrole nitrogens is 1. The summed E-state index contributed by atoms with van der Waals surface area (Å²) in [6, 6.07) is 1.81. The second-order valence-electron chi connectivity index (χ2n) is 3.91. The number of thiophene rings is 1. The van der Waals surface area contributed by atoms with Crippen LogP contribution in [0.1, 0.15) is 37.5 Å². The predicted molar refractivity (Wildman–Crippen MR) is 71.3 cm³/mol. The van der Waals surface area contributed by atoms with Gasteiger partial charge in [-0.15, -0.1) is 21.5 Å². The molecule has 2 aromatic rings. The minimum atomic E-state index is -0.749. The van der Waals surface area contributed by atoms with Crippen LogP contribution in [0.2, 0.25) is 0 Å². The Kier molecular flexibility index (Phi) is 3.61. The molecule has 8 heteroatoms. The number of nitrogens with zero attached hydrogens (tertiary/aromatic N) is 2. The molecule has 0 saturated heterocycles. The molecule has 0 fully saturated rings. The summed E-state index contributed by atoms with van der Waals surface area (Å²) in [6.45, 7) is 3.99. The molecule has 0 saturated carbocycles. The van der Waals surface area contributed by atoms with Gasteiger partial charge in [0.15, 0.2) is 11.5 Å². The summed E-state index contributed by atoms with van der Waals surface area (Å²) in [6.07, 6.45) is 0.875. The number of primary amides is 1. The molecule has 100 valence electrons. The SMILES string of the molecule is CCc1sc(C(=O)Nc2n[nH]nc2C(N)=O)cc1C. The van der Waals surface area contributed by atoms with Crippen LogP contribution in [0.5, 0.6) is 0 Å². The number of aromatic nitrogens is 3. The van der Waals surface area contributed by atoms with Gasteiger partial charge in [-0.1, -0.05) is 6.92 Å². The number of nitrogens with two attached hydrogens (primary N) is 1. The average Bonchev–Trinajstić information content (AvgIpc) is 2.95. The van der Waals surface area contributed by atoms with Crippen molar-refractivity contribution in [3.05, 3.63) is 27.1 Å². The Morgan fingerprint density at radius 3 is 2.79 bits per heavy atom. The normalized spacial score (nSPS) is 10.4. The second kappa shape index (κ2) is 5.19. The molecule has 2 rings (SSSR count). The number of hydrogen-bond donors (Lipinski definition) is 3. The van der Waals surface area contributed by atoms with E-state index in [1.807, 2.05) is 19.9 Å². The lowest BCUT2D eigenvalue weighted by atomic mass is 10.2. The summed E-state index contributed by atoms with van der Waals surface area (Å²) in [5, 5.41) is 12.0. The summed E-state index contributed by atoms with van der Waals surface area (Å²) in [5.41, 5.74) is 6.10. The topological polar surface area (TPSA) is 114 Å². The van der Waals surface area contributed by atoms with Gasteiger partial charge in [-0.05, 0) is 25.0 Å². The Morgan fingerprint density at radius 2 is 2.21 bits per heavy atom. The quantitative estimate of drug-likeness (QED) is 0.777. The number of hydrogen-bond acceptors (Lipinski definition) is 5. The Labute approximate surface area is 113 Å². The molecule has 2 heterocycles. The van der Waals surface area contributed by atoms with Crippen molar-refractivity contribution in [2.24, 2.45) is 5.73 Å². The molecule has 2 amide bonds. The fourth-order valence-corrected chi connectivity index (χ4v) is 2.65. The lowest BCUT2D eigenvalue weighted by molar-refractivity contribution is 0.0996. The van der Waals surface area contributed by atoms with E-state index >= 15 is 0 Å². The third-order valence-corrected chi connectivity index (χ3v) is 3.96. The summed E-state index contributed by atoms with van der Waals surface area (Å²) in [5.74, 6) is -1.04. The van der Waals surface area contributed by atoms with Crippen molar-refractivity contribution in [1.29, 1.82) is 0 Å². The minimum Gasteiger partial charge on any atom is -0.364 e. The molecular weight excluding hydrogens is 266 g/mol. The van der Waals surface area contributed by atoms with Gasteiger partial charge in [-0.25, -0.2) is 0 Å². The molecule has 0 bridgehead atoms. The number of rotatable bonds is 4. The molecule has 4 N–H and O–H groups in total. The molecule has 0 aliphatic carbocycles. The molecule has 2 aromatic heterocycles. The number of carbonyl (C=O) groups is 2. The third kappa shape index (κ3) is 2.63. The number of aromatic amines is 1. The van der Waals surface area contributed by atoms with Gasteiger partial charge in [-0.3, -0.25) is 9.59 Å². The van der Waals surface area contributed by atoms with Crippen molar-refractivity contribution in [3.8, 4) is 0 Å². The maximum Gasteiger partial charge on any atom is 0.273 e. The third-order valence-electron chi connectivity index (χ3n) is 2.58. The van der Waals surface area contributed by atoms with Gasteiger partial charge in [0, 0.05) is 4.88 Å². The van der Waals surface area contributed by atoms with Crippen LogP contribution >= 0.6 is 11.3 Å². The largest absolute Gasteiger partial charge is 0.364 e. The van der Waals surface area contributed by atoms with Crippen LogP contribution in [0.4, 0.5) is 5.82 Å². The molecule has 7 nitrogen and oxygen atoms in total. The number of nitrogens with one attached hydrogen (secondary N) is 2. The van der Waals surface area contributed by atoms with Gasteiger partial charge in [-0.2, -0.15) is 5.21 Å². The van der Waals surface area contributed by atoms with Gasteiger partial charge in [0.2, 0.25) is 0 Å². The van der Waals surface area contributed by atoms with Crippen molar-refractivity contribution >= 4 is 29.0 Å². The molecule has 0 atom stereocenters. The summed E-state index contributed by atoms with van der Waals surface area (Å²) in [7, 11) is 0. The van der Waals surface area contributed by atoms with Crippen LogP contribution in [0.15, 0.2) is 6.07 Å². The first-order valence-corrected chi connectivity index (χ1v) is 6.45. The first-order chi connectivity index (χ1) is 9.02. The maximum absolute atomic E-state index is 12.0. The van der Waals surface area contributed by atoms with Crippen molar-refractivity contribution in [1.82, 2.24) is 15.4 Å². The van der Waals surface area contributed by atoms with Gasteiger partial charge < -0.3 is 11.1 Å². The van der Waals surface area contributed by atoms with E-state index in [2.05, 4.69) is 20.7 Å². The van der Waals surface area contributed by atoms with E-state index in [9.17, 15) is 9.59 Å². The first kappa shape index (κ1) is 13.2. The van der Waals surface area contributed by atoms with Crippen LogP contribution in [0.25, 0.3) is 0 Å². The van der Waals surface area contributed by atoms with E-state index in [1.165, 1.54) is 11.3 Å². The Balaban J connectivity index is 2.20. The minimum absolute atomic E-state index is 0.0431. The lowest BCUT2D eigenvalue weighted by Crippen LogP contribution is -2.17. The highest BCUT2D eigenvalue weighted by Gasteiger charge is 2.18. The smallest absolute Gasteiger partial charge is 0.273 e. The van der Waals surface area contributed by atoms with Crippen molar-refractivity contribution in [3.63, 3.8) is 0 Å². The predicted octanol–water partition coefficient (Wildman–Crippen LogP) is 1.09. The molecule has 0 unspecified atom stereocenters. The summed E-state index contributed by atoms with van der Waals surface area (Å²) in [4.78, 5) is 24.8. The monoisotopic (exact) mass is 279 g/mol. The number of anilines is 1. The highest BCUT2D eigenvalue weighted by molar-refractivity contribution is 7.14. The number of carbonyl (C=O) groups excluding carboxylic acids is 2. The van der Waals surface area contributed by atoms with E-state index in [-0.39, 0.29) is 17.4 Å². The zero-order chi connectivity index (χ0) is 14.0. The average molecular weight is 279 g/mol. The van der Waals surface area contributed by atoms with Gasteiger partial charge in [0.05, 0.1) is 4.88 Å². The van der Waals surface area contributed by atoms with E-state index in [4.69, 9.17) is 5.73 Å². The van der Waals surface area contributed by atoms with E-state index in [0.717, 1.165) is 16.9 Å². The fourth-order valence-electron chi connectivity index (χ4n) is 1.64. The summed E-state index contributed by atoms with van der Waals surface area (Å²) >= 11 is 1.42. The molecule has 0 aromatic carbocycles. The molecule has 0 radical (unpaired) electrons. The Hall–Kier alpha value is -2.22. The maximum atomic E-state index is 12.0. The van der Waals surface area contributed by atoms with Crippen molar-refractivity contribution in [2.45, 2.75) is 20.3 Å². The number of amides is 2. The van der Waals surface area contributed by atoms with Crippen LogP contribution in [-0.2, 0) is 6.42 Å². The van der Waals surface area contributed by atoms with E-state index in [1.54, 1.807) is 0 Å². The highest BCUT2D eigenvalue weighted by atomic mass is 32.1. The van der Waals surface area contributed by atoms with Gasteiger partial charge in [0.1, 0.15) is 0 Å². The Morgan fingerprint density at radius 1 is 1.47 bits per heavy atom. The van der Waals surface area contributed by atoms with Crippen LogP contribution in [-0.4, -0.2) is 27.2 Å². The fraction of sp³-hybridized carbons (Fsp3) is 0.273. The van der Waals surface area contributed by atoms with Crippen LogP contribution in [0.3, 0.4) is 0 Å². The first-order valence-electron chi connectivity index (χ1n) is 5.64. The van der Waals surface area contributed by atoms with Crippen LogP contribution in [0, 0.1) is 6.92 Å². The van der Waals surface area contributed by atoms with E-state index < -0.39 is 5.91 Å². The number of aryl methyl sites for hydroxylation is 2. The lowest BCUT2D eigenvalue weighted by Gasteiger charge is -1.99. The van der Waals surface area contributed by atoms with Crippen LogP contribution < -0.4 is 11.1 Å². The van der Waals surface area contributed by atoms with Gasteiger partial charge >= 0.3 is 0 Å². The zero-order valence-corrected chi connectivity index (χ0v) is 11.3. The molecule has 19 heavy (non-hydrogen) atoms.